The summed E-state index contributed by atoms with van der Waals surface area (Å²) in [5, 5.41) is 10.8. The zero-order valence-corrected chi connectivity index (χ0v) is 8.78. The summed E-state index contributed by atoms with van der Waals surface area (Å²) in [5.41, 5.74) is 6.22. The van der Waals surface area contributed by atoms with E-state index in [-0.39, 0.29) is 23.8 Å². The minimum absolute atomic E-state index is 0.0153. The number of hydrogen-bond acceptors (Lipinski definition) is 6. The molecule has 0 aromatic carbocycles. The molecular weight excluding hydrogens is 222 g/mol. The summed E-state index contributed by atoms with van der Waals surface area (Å²) in [5.74, 6) is 0.0153. The van der Waals surface area contributed by atoms with Crippen molar-refractivity contribution in [3.63, 3.8) is 0 Å². The van der Waals surface area contributed by atoms with Gasteiger partial charge in [0.15, 0.2) is 0 Å². The van der Waals surface area contributed by atoms with E-state index >= 15 is 0 Å². The largest absolute Gasteiger partial charge is 0.368 e. The van der Waals surface area contributed by atoms with Crippen molar-refractivity contribution in [1.29, 1.82) is 0 Å². The first kappa shape index (κ1) is 10.9. The first-order valence-corrected chi connectivity index (χ1v) is 4.82. The summed E-state index contributed by atoms with van der Waals surface area (Å²) in [6.45, 7) is 0. The molecule has 0 saturated carbocycles. The van der Waals surface area contributed by atoms with Crippen LogP contribution in [0.2, 0.25) is 0 Å². The molecule has 0 fully saturated rings. The first-order valence-electron chi connectivity index (χ1n) is 4.82. The van der Waals surface area contributed by atoms with E-state index in [9.17, 15) is 10.1 Å². The van der Waals surface area contributed by atoms with E-state index in [1.807, 2.05) is 0 Å². The van der Waals surface area contributed by atoms with Gasteiger partial charge in [-0.05, 0) is 12.1 Å². The van der Waals surface area contributed by atoms with Crippen molar-refractivity contribution >= 4 is 11.6 Å². The van der Waals surface area contributed by atoms with Crippen LogP contribution in [0.25, 0.3) is 0 Å². The van der Waals surface area contributed by atoms with Gasteiger partial charge in [0.05, 0.1) is 4.92 Å². The number of nitro groups is 1. The van der Waals surface area contributed by atoms with E-state index in [1.54, 1.807) is 24.4 Å². The molecule has 0 aliphatic heterocycles. The van der Waals surface area contributed by atoms with Crippen LogP contribution in [0.4, 0.5) is 11.6 Å². The fourth-order valence-corrected chi connectivity index (χ4v) is 1.38. The summed E-state index contributed by atoms with van der Waals surface area (Å²) in [6.07, 6.45) is 2.98. The molecule has 0 unspecified atom stereocenters. The predicted octanol–water partition coefficient (Wildman–Crippen LogP) is 0.953. The lowest BCUT2D eigenvalue weighted by Gasteiger charge is -2.02. The molecule has 2 rings (SSSR count). The fourth-order valence-electron chi connectivity index (χ4n) is 1.38. The van der Waals surface area contributed by atoms with Gasteiger partial charge in [-0.25, -0.2) is 9.97 Å². The highest BCUT2D eigenvalue weighted by atomic mass is 16.6. The van der Waals surface area contributed by atoms with E-state index in [2.05, 4.69) is 15.0 Å². The average Bonchev–Trinajstić information content (AvgIpc) is 2.30. The molecule has 0 aliphatic carbocycles. The highest BCUT2D eigenvalue weighted by molar-refractivity contribution is 5.38. The first-order chi connectivity index (χ1) is 8.16. The van der Waals surface area contributed by atoms with Gasteiger partial charge in [0.25, 0.3) is 0 Å². The minimum Gasteiger partial charge on any atom is -0.368 e. The van der Waals surface area contributed by atoms with Crippen LogP contribution in [0.1, 0.15) is 11.4 Å². The Morgan fingerprint density at radius 2 is 2.18 bits per heavy atom. The van der Waals surface area contributed by atoms with Gasteiger partial charge in [-0.1, -0.05) is 6.07 Å². The van der Waals surface area contributed by atoms with Crippen LogP contribution < -0.4 is 5.73 Å². The van der Waals surface area contributed by atoms with Crippen molar-refractivity contribution in [3.05, 3.63) is 52.1 Å². The summed E-state index contributed by atoms with van der Waals surface area (Å²) in [6, 6.07) is 5.34. The Bertz CT molecular complexity index is 544. The Labute approximate surface area is 96.5 Å². The molecule has 0 spiro atoms. The lowest BCUT2D eigenvalue weighted by Crippen LogP contribution is -2.05. The topological polar surface area (TPSA) is 108 Å². The highest BCUT2D eigenvalue weighted by Gasteiger charge is 2.17. The van der Waals surface area contributed by atoms with Gasteiger partial charge in [-0.15, -0.1) is 0 Å². The van der Waals surface area contributed by atoms with E-state index < -0.39 is 4.92 Å². The van der Waals surface area contributed by atoms with E-state index in [4.69, 9.17) is 5.73 Å². The number of nitrogens with zero attached hydrogens (tertiary/aromatic N) is 4. The third-order valence-corrected chi connectivity index (χ3v) is 2.14. The summed E-state index contributed by atoms with van der Waals surface area (Å²) < 4.78 is 0. The SMILES string of the molecule is Nc1ncc([N+](=O)[O-])c(Cc2ccccn2)n1. The Hall–Kier alpha value is -2.57. The molecule has 0 bridgehead atoms. The summed E-state index contributed by atoms with van der Waals surface area (Å²) in [7, 11) is 0. The van der Waals surface area contributed by atoms with Crippen LogP contribution in [0.3, 0.4) is 0 Å². The minimum atomic E-state index is -0.530. The van der Waals surface area contributed by atoms with Crippen LogP contribution >= 0.6 is 0 Å². The number of rotatable bonds is 3. The monoisotopic (exact) mass is 231 g/mol. The molecule has 2 aromatic rings. The molecular formula is C10H9N5O2. The second-order valence-electron chi connectivity index (χ2n) is 3.32. The second kappa shape index (κ2) is 4.52. The molecule has 2 heterocycles. The molecule has 2 aromatic heterocycles. The third-order valence-electron chi connectivity index (χ3n) is 2.14. The van der Waals surface area contributed by atoms with Gasteiger partial charge >= 0.3 is 5.69 Å². The van der Waals surface area contributed by atoms with Gasteiger partial charge < -0.3 is 5.73 Å². The third kappa shape index (κ3) is 2.51. The Balaban J connectivity index is 2.37. The fraction of sp³-hybridized carbons (Fsp3) is 0.100. The van der Waals surface area contributed by atoms with Gasteiger partial charge in [-0.2, -0.15) is 0 Å². The van der Waals surface area contributed by atoms with Gasteiger partial charge in [-0.3, -0.25) is 15.1 Å². The zero-order chi connectivity index (χ0) is 12.3. The number of aromatic nitrogens is 3. The maximum Gasteiger partial charge on any atom is 0.309 e. The smallest absolute Gasteiger partial charge is 0.309 e. The van der Waals surface area contributed by atoms with Crippen LogP contribution in [-0.2, 0) is 6.42 Å². The average molecular weight is 231 g/mol. The van der Waals surface area contributed by atoms with E-state index in [0.717, 1.165) is 6.20 Å². The molecule has 0 saturated heterocycles. The predicted molar refractivity (Wildman–Crippen MR) is 60.1 cm³/mol. The van der Waals surface area contributed by atoms with Gasteiger partial charge in [0, 0.05) is 18.3 Å². The Morgan fingerprint density at radius 1 is 1.35 bits per heavy atom. The molecule has 0 atom stereocenters. The zero-order valence-electron chi connectivity index (χ0n) is 8.78. The molecule has 7 nitrogen and oxygen atoms in total. The maximum absolute atomic E-state index is 10.8. The van der Waals surface area contributed by atoms with Crippen molar-refractivity contribution in [2.75, 3.05) is 5.73 Å². The van der Waals surface area contributed by atoms with E-state index in [0.29, 0.717) is 5.69 Å². The van der Waals surface area contributed by atoms with Crippen molar-refractivity contribution in [3.8, 4) is 0 Å². The van der Waals surface area contributed by atoms with E-state index in [1.165, 1.54) is 0 Å². The molecule has 0 amide bonds. The quantitative estimate of drug-likeness (QED) is 0.622. The Kier molecular flexibility index (Phi) is 2.91. The number of anilines is 1. The lowest BCUT2D eigenvalue weighted by atomic mass is 10.2. The van der Waals surface area contributed by atoms with Crippen LogP contribution in [0, 0.1) is 10.1 Å². The molecule has 7 heteroatoms. The summed E-state index contributed by atoms with van der Waals surface area (Å²) >= 11 is 0. The molecule has 17 heavy (non-hydrogen) atoms. The van der Waals surface area contributed by atoms with Crippen molar-refractivity contribution in [2.45, 2.75) is 6.42 Å². The standard InChI is InChI=1S/C10H9N5O2/c11-10-13-6-9(15(16)17)8(14-10)5-7-3-1-2-4-12-7/h1-4,6H,5H2,(H2,11,13,14). The van der Waals surface area contributed by atoms with Crippen LogP contribution in [-0.4, -0.2) is 19.9 Å². The van der Waals surface area contributed by atoms with Gasteiger partial charge in [0.1, 0.15) is 11.9 Å². The Morgan fingerprint density at radius 3 is 2.82 bits per heavy atom. The molecule has 2 N–H and O–H groups in total. The molecule has 86 valence electrons. The van der Waals surface area contributed by atoms with Crippen LogP contribution in [0.15, 0.2) is 30.6 Å². The highest BCUT2D eigenvalue weighted by Crippen LogP contribution is 2.18. The number of nitrogens with two attached hydrogens (primary N) is 1. The lowest BCUT2D eigenvalue weighted by molar-refractivity contribution is -0.386. The second-order valence-corrected chi connectivity index (χ2v) is 3.32. The normalized spacial score (nSPS) is 10.1. The number of nitrogen functional groups attached to an aromatic ring is 1. The van der Waals surface area contributed by atoms with Gasteiger partial charge in [0.2, 0.25) is 5.95 Å². The number of pyridine rings is 1. The maximum atomic E-state index is 10.8. The molecule has 0 aliphatic rings. The number of hydrogen-bond donors (Lipinski definition) is 1. The van der Waals surface area contributed by atoms with Crippen molar-refractivity contribution in [2.24, 2.45) is 0 Å². The van der Waals surface area contributed by atoms with Crippen molar-refractivity contribution < 1.29 is 4.92 Å². The van der Waals surface area contributed by atoms with Crippen molar-refractivity contribution in [1.82, 2.24) is 15.0 Å². The van der Waals surface area contributed by atoms with Crippen LogP contribution in [0.5, 0.6) is 0 Å². The molecule has 0 radical (unpaired) electrons. The summed E-state index contributed by atoms with van der Waals surface area (Å²) in [4.78, 5) is 21.8.